The van der Waals surface area contributed by atoms with E-state index in [1.165, 1.54) is 20.3 Å². The summed E-state index contributed by atoms with van der Waals surface area (Å²) in [7, 11) is 0. The van der Waals surface area contributed by atoms with Gasteiger partial charge in [0.2, 0.25) is 0 Å². The van der Waals surface area contributed by atoms with Crippen molar-refractivity contribution < 1.29 is 0 Å². The van der Waals surface area contributed by atoms with Crippen molar-refractivity contribution >= 4 is 43.1 Å². The van der Waals surface area contributed by atoms with E-state index in [9.17, 15) is 0 Å². The summed E-state index contributed by atoms with van der Waals surface area (Å²) in [5.74, 6) is 0. The Morgan fingerprint density at radius 3 is 2.31 bits per heavy atom. The zero-order valence-corrected chi connectivity index (χ0v) is 16.4. The monoisotopic (exact) mass is 388 g/mol. The Balaban J connectivity index is 1.42. The first kappa shape index (κ1) is 16.4. The van der Waals surface area contributed by atoms with E-state index in [4.69, 9.17) is 4.98 Å². The summed E-state index contributed by atoms with van der Waals surface area (Å²) >= 11 is 1.79. The number of hydrogen-bond donors (Lipinski definition) is 0. The van der Waals surface area contributed by atoms with Gasteiger partial charge in [-0.15, -0.1) is 11.3 Å². The van der Waals surface area contributed by atoms with Crippen molar-refractivity contribution in [3.63, 3.8) is 0 Å². The molecule has 3 heteroatoms. The van der Waals surface area contributed by atoms with Gasteiger partial charge in [0.05, 0.1) is 21.8 Å². The lowest BCUT2D eigenvalue weighted by Gasteiger charge is -2.06. The molecule has 0 atom stereocenters. The highest BCUT2D eigenvalue weighted by molar-refractivity contribution is 7.22. The summed E-state index contributed by atoms with van der Waals surface area (Å²) in [6, 6.07) is 31.8. The van der Waals surface area contributed by atoms with Crippen LogP contribution in [0.25, 0.3) is 53.6 Å². The molecule has 0 N–H and O–H groups in total. The van der Waals surface area contributed by atoms with Crippen molar-refractivity contribution in [3.8, 4) is 21.8 Å². The number of benzene rings is 3. The highest BCUT2D eigenvalue weighted by Crippen LogP contribution is 2.33. The molecule has 2 nitrogen and oxygen atoms in total. The highest BCUT2D eigenvalue weighted by atomic mass is 32.1. The minimum atomic E-state index is 0.985. The van der Waals surface area contributed by atoms with E-state index in [0.717, 1.165) is 33.2 Å². The van der Waals surface area contributed by atoms with Gasteiger partial charge < -0.3 is 0 Å². The molecule has 0 aliphatic heterocycles. The maximum atomic E-state index is 4.92. The van der Waals surface area contributed by atoms with Gasteiger partial charge in [0, 0.05) is 27.2 Å². The van der Waals surface area contributed by atoms with Crippen molar-refractivity contribution in [2.75, 3.05) is 0 Å². The molecule has 0 fully saturated rings. The third kappa shape index (κ3) is 2.87. The van der Waals surface area contributed by atoms with Crippen LogP contribution in [0, 0.1) is 0 Å². The van der Waals surface area contributed by atoms with E-state index in [1.54, 1.807) is 11.3 Å². The van der Waals surface area contributed by atoms with Crippen molar-refractivity contribution in [1.29, 1.82) is 0 Å². The first-order valence-electron chi connectivity index (χ1n) is 9.58. The number of thiophene rings is 1. The number of fused-ring (bicyclic) bond motifs is 3. The van der Waals surface area contributed by atoms with Crippen LogP contribution in [-0.4, -0.2) is 9.97 Å². The minimum Gasteiger partial charge on any atom is -0.256 e. The summed E-state index contributed by atoms with van der Waals surface area (Å²) in [6.45, 7) is 0. The molecule has 3 aromatic heterocycles. The van der Waals surface area contributed by atoms with Crippen LogP contribution < -0.4 is 0 Å². The largest absolute Gasteiger partial charge is 0.256 e. The molecule has 0 radical (unpaired) electrons. The summed E-state index contributed by atoms with van der Waals surface area (Å²) in [5.41, 5.74) is 4.12. The van der Waals surface area contributed by atoms with Crippen molar-refractivity contribution in [2.24, 2.45) is 0 Å². The van der Waals surface area contributed by atoms with E-state index >= 15 is 0 Å². The van der Waals surface area contributed by atoms with Crippen LogP contribution in [0.1, 0.15) is 0 Å². The maximum absolute atomic E-state index is 4.92. The molecule has 0 aliphatic rings. The molecule has 29 heavy (non-hydrogen) atoms. The van der Waals surface area contributed by atoms with Crippen LogP contribution in [0.4, 0.5) is 0 Å². The predicted octanol–water partition coefficient (Wildman–Crippen LogP) is 7.33. The molecule has 6 aromatic rings. The van der Waals surface area contributed by atoms with Gasteiger partial charge in [0.25, 0.3) is 0 Å². The second-order valence-electron chi connectivity index (χ2n) is 7.17. The van der Waals surface area contributed by atoms with E-state index in [0.29, 0.717) is 0 Å². The third-order valence-corrected chi connectivity index (χ3v) is 6.43. The zero-order chi connectivity index (χ0) is 19.2. The summed E-state index contributed by atoms with van der Waals surface area (Å²) in [4.78, 5) is 10.8. The Morgan fingerprint density at radius 1 is 0.586 bits per heavy atom. The Morgan fingerprint density at radius 2 is 1.41 bits per heavy atom. The third-order valence-electron chi connectivity index (χ3n) is 5.29. The van der Waals surface area contributed by atoms with Crippen LogP contribution in [0.3, 0.4) is 0 Å². The minimum absolute atomic E-state index is 0.985. The SMILES string of the molecule is c1ccc2cc(-c3ccc4nc(-c5cc6ccccc6s5)ccc4c3)ncc2c1. The van der Waals surface area contributed by atoms with Gasteiger partial charge in [0.15, 0.2) is 0 Å². The summed E-state index contributed by atoms with van der Waals surface area (Å²) in [5, 5.41) is 4.76. The quantitative estimate of drug-likeness (QED) is 0.310. The van der Waals surface area contributed by atoms with Crippen LogP contribution in [-0.2, 0) is 0 Å². The molecule has 0 bridgehead atoms. The number of nitrogens with zero attached hydrogens (tertiary/aromatic N) is 2. The van der Waals surface area contributed by atoms with Crippen LogP contribution >= 0.6 is 11.3 Å². The predicted molar refractivity (Wildman–Crippen MR) is 123 cm³/mol. The van der Waals surface area contributed by atoms with E-state index in [2.05, 4.69) is 89.9 Å². The number of aromatic nitrogens is 2. The average molecular weight is 388 g/mol. The molecule has 6 rings (SSSR count). The molecule has 3 aromatic carbocycles. The second kappa shape index (κ2) is 6.50. The molecular weight excluding hydrogens is 372 g/mol. The van der Waals surface area contributed by atoms with Crippen molar-refractivity contribution in [3.05, 3.63) is 97.2 Å². The van der Waals surface area contributed by atoms with Gasteiger partial charge in [-0.3, -0.25) is 4.98 Å². The Hall–Kier alpha value is -3.56. The van der Waals surface area contributed by atoms with Crippen LogP contribution in [0.2, 0.25) is 0 Å². The lowest BCUT2D eigenvalue weighted by atomic mass is 10.0. The fourth-order valence-corrected chi connectivity index (χ4v) is 4.80. The molecule has 0 saturated carbocycles. The second-order valence-corrected chi connectivity index (χ2v) is 8.25. The fourth-order valence-electron chi connectivity index (χ4n) is 3.77. The Labute approximate surface area is 172 Å². The molecule has 0 aliphatic carbocycles. The standard InChI is InChI=1S/C26H16N2S/c1-2-7-21-16-27-24(14-17(21)5-1)19-9-11-22-18(13-19)10-12-23(28-22)26-15-20-6-3-4-8-25(20)29-26/h1-16H. The summed E-state index contributed by atoms with van der Waals surface area (Å²) in [6.07, 6.45) is 1.94. The van der Waals surface area contributed by atoms with Crippen LogP contribution in [0.5, 0.6) is 0 Å². The Bertz CT molecular complexity index is 1480. The van der Waals surface area contributed by atoms with Gasteiger partial charge in [-0.25, -0.2) is 4.98 Å². The van der Waals surface area contributed by atoms with E-state index in [-0.39, 0.29) is 0 Å². The topological polar surface area (TPSA) is 25.8 Å². The molecule has 3 heterocycles. The van der Waals surface area contributed by atoms with Crippen molar-refractivity contribution in [1.82, 2.24) is 9.97 Å². The molecule has 0 spiro atoms. The first-order valence-corrected chi connectivity index (χ1v) is 10.4. The Kier molecular flexibility index (Phi) is 3.68. The van der Waals surface area contributed by atoms with Gasteiger partial charge in [0.1, 0.15) is 0 Å². The number of rotatable bonds is 2. The molecule has 0 amide bonds. The zero-order valence-electron chi connectivity index (χ0n) is 15.5. The fraction of sp³-hybridized carbons (Fsp3) is 0. The van der Waals surface area contributed by atoms with Crippen LogP contribution in [0.15, 0.2) is 97.2 Å². The van der Waals surface area contributed by atoms with Gasteiger partial charge in [-0.05, 0) is 47.2 Å². The lowest BCUT2D eigenvalue weighted by Crippen LogP contribution is -1.87. The number of hydrogen-bond acceptors (Lipinski definition) is 3. The smallest absolute Gasteiger partial charge is 0.0809 e. The highest BCUT2D eigenvalue weighted by Gasteiger charge is 2.08. The first-order chi connectivity index (χ1) is 14.3. The molecule has 0 unspecified atom stereocenters. The van der Waals surface area contributed by atoms with Gasteiger partial charge in [-0.1, -0.05) is 54.6 Å². The van der Waals surface area contributed by atoms with E-state index < -0.39 is 0 Å². The lowest BCUT2D eigenvalue weighted by molar-refractivity contribution is 1.35. The van der Waals surface area contributed by atoms with Gasteiger partial charge >= 0.3 is 0 Å². The average Bonchev–Trinajstić information content (AvgIpc) is 3.22. The molecule has 0 saturated heterocycles. The normalized spacial score (nSPS) is 11.4. The molecule has 136 valence electrons. The van der Waals surface area contributed by atoms with E-state index in [1.807, 2.05) is 12.3 Å². The summed E-state index contributed by atoms with van der Waals surface area (Å²) < 4.78 is 1.29. The van der Waals surface area contributed by atoms with Gasteiger partial charge in [-0.2, -0.15) is 0 Å². The maximum Gasteiger partial charge on any atom is 0.0809 e. The molecular formula is C26H16N2S. The van der Waals surface area contributed by atoms with Crippen molar-refractivity contribution in [2.45, 2.75) is 0 Å². The number of pyridine rings is 2.